The van der Waals surface area contributed by atoms with Crippen molar-refractivity contribution in [2.75, 3.05) is 24.6 Å². The normalized spacial score (nSPS) is 16.1. The van der Waals surface area contributed by atoms with Gasteiger partial charge in [-0.3, -0.25) is 14.6 Å². The molecule has 0 aliphatic carbocycles. The first kappa shape index (κ1) is 19.9. The van der Waals surface area contributed by atoms with Crippen molar-refractivity contribution in [2.24, 2.45) is 5.92 Å². The van der Waals surface area contributed by atoms with Gasteiger partial charge in [-0.1, -0.05) is 36.4 Å². The summed E-state index contributed by atoms with van der Waals surface area (Å²) in [6.45, 7) is 3.30. The van der Waals surface area contributed by atoms with Gasteiger partial charge < -0.3 is 15.0 Å². The van der Waals surface area contributed by atoms with Crippen molar-refractivity contribution in [2.45, 2.75) is 19.8 Å². The number of anilines is 1. The zero-order chi connectivity index (χ0) is 20.9. The van der Waals surface area contributed by atoms with E-state index in [-0.39, 0.29) is 24.2 Å². The Bertz CT molecular complexity index is 1060. The predicted molar refractivity (Wildman–Crippen MR) is 117 cm³/mol. The van der Waals surface area contributed by atoms with E-state index in [1.807, 2.05) is 61.5 Å². The summed E-state index contributed by atoms with van der Waals surface area (Å²) >= 11 is 0. The van der Waals surface area contributed by atoms with Crippen LogP contribution in [0.3, 0.4) is 0 Å². The molecule has 30 heavy (non-hydrogen) atoms. The van der Waals surface area contributed by atoms with Crippen LogP contribution in [0.2, 0.25) is 0 Å². The molecule has 1 N–H and O–H groups in total. The Labute approximate surface area is 175 Å². The summed E-state index contributed by atoms with van der Waals surface area (Å²) in [6, 6.07) is 17.5. The molecule has 0 radical (unpaired) electrons. The van der Waals surface area contributed by atoms with Crippen molar-refractivity contribution in [3.63, 3.8) is 0 Å². The fraction of sp³-hybridized carbons (Fsp3) is 0.292. The lowest BCUT2D eigenvalue weighted by atomic mass is 10.1. The summed E-state index contributed by atoms with van der Waals surface area (Å²) in [6.07, 6.45) is 2.68. The van der Waals surface area contributed by atoms with Gasteiger partial charge in [0.2, 0.25) is 11.8 Å². The minimum absolute atomic E-state index is 0.0550. The van der Waals surface area contributed by atoms with Crippen LogP contribution in [0.25, 0.3) is 10.9 Å². The first-order chi connectivity index (χ1) is 14.7. The molecule has 1 atom stereocenters. The van der Waals surface area contributed by atoms with Crippen LogP contribution in [0.4, 0.5) is 5.69 Å². The van der Waals surface area contributed by atoms with Crippen LogP contribution in [-0.4, -0.2) is 36.5 Å². The van der Waals surface area contributed by atoms with Crippen molar-refractivity contribution in [3.8, 4) is 5.75 Å². The third-order valence-corrected chi connectivity index (χ3v) is 5.36. The summed E-state index contributed by atoms with van der Waals surface area (Å²) in [5.41, 5.74) is 2.79. The Morgan fingerprint density at radius 2 is 2.00 bits per heavy atom. The second kappa shape index (κ2) is 8.95. The van der Waals surface area contributed by atoms with Gasteiger partial charge in [0, 0.05) is 31.1 Å². The van der Waals surface area contributed by atoms with Gasteiger partial charge in [-0.25, -0.2) is 0 Å². The zero-order valence-electron chi connectivity index (χ0n) is 17.0. The molecule has 1 aliphatic heterocycles. The van der Waals surface area contributed by atoms with Crippen LogP contribution in [0.15, 0.2) is 60.8 Å². The van der Waals surface area contributed by atoms with E-state index in [4.69, 9.17) is 4.74 Å². The van der Waals surface area contributed by atoms with Crippen LogP contribution < -0.4 is 15.0 Å². The Hall–Kier alpha value is -3.41. The maximum absolute atomic E-state index is 12.7. The summed E-state index contributed by atoms with van der Waals surface area (Å²) in [5.74, 6) is 0.157. The van der Waals surface area contributed by atoms with Gasteiger partial charge >= 0.3 is 0 Å². The number of amides is 2. The number of carbonyl (C=O) groups is 2. The lowest BCUT2D eigenvalue weighted by molar-refractivity contribution is -0.126. The second-order valence-electron chi connectivity index (χ2n) is 7.34. The molecule has 6 heteroatoms. The van der Waals surface area contributed by atoms with Crippen LogP contribution in [0.1, 0.15) is 18.9 Å². The molecule has 4 rings (SSSR count). The van der Waals surface area contributed by atoms with Crippen molar-refractivity contribution in [1.82, 2.24) is 10.3 Å². The van der Waals surface area contributed by atoms with Gasteiger partial charge in [0.15, 0.2) is 0 Å². The molecule has 1 aliphatic rings. The highest BCUT2D eigenvalue weighted by Crippen LogP contribution is 2.33. The van der Waals surface area contributed by atoms with Crippen molar-refractivity contribution >= 4 is 28.4 Å². The number of carbonyl (C=O) groups excluding carboxylic acids is 2. The van der Waals surface area contributed by atoms with E-state index >= 15 is 0 Å². The largest absolute Gasteiger partial charge is 0.492 e. The number of hydrogen-bond acceptors (Lipinski definition) is 4. The number of nitrogens with one attached hydrogen (secondary N) is 1. The average Bonchev–Trinajstić information content (AvgIpc) is 3.16. The van der Waals surface area contributed by atoms with Gasteiger partial charge in [-0.15, -0.1) is 0 Å². The number of benzene rings is 2. The third kappa shape index (κ3) is 4.13. The first-order valence-corrected chi connectivity index (χ1v) is 10.3. The molecular weight excluding hydrogens is 378 g/mol. The van der Waals surface area contributed by atoms with Crippen LogP contribution >= 0.6 is 0 Å². The molecular formula is C24H25N3O3. The monoisotopic (exact) mass is 403 g/mol. The molecule has 3 aromatic rings. The van der Waals surface area contributed by atoms with Gasteiger partial charge in [-0.05, 0) is 37.1 Å². The maximum atomic E-state index is 12.7. The van der Waals surface area contributed by atoms with Crippen LogP contribution in [0.5, 0.6) is 5.75 Å². The number of aromatic nitrogens is 1. The van der Waals surface area contributed by atoms with Crippen molar-refractivity contribution in [1.29, 1.82) is 0 Å². The highest BCUT2D eigenvalue weighted by atomic mass is 16.5. The molecule has 2 heterocycles. The summed E-state index contributed by atoms with van der Waals surface area (Å²) < 4.78 is 5.64. The maximum Gasteiger partial charge on any atom is 0.227 e. The lowest BCUT2D eigenvalue weighted by Gasteiger charge is -2.20. The van der Waals surface area contributed by atoms with E-state index in [1.54, 1.807) is 11.1 Å². The molecule has 1 unspecified atom stereocenters. The number of ether oxygens (including phenoxy) is 1. The number of hydrogen-bond donors (Lipinski definition) is 1. The fourth-order valence-corrected chi connectivity index (χ4v) is 3.91. The Balaban J connectivity index is 1.37. The molecule has 0 bridgehead atoms. The highest BCUT2D eigenvalue weighted by Gasteiger charge is 2.36. The number of pyridine rings is 1. The van der Waals surface area contributed by atoms with E-state index in [1.165, 1.54) is 0 Å². The minimum Gasteiger partial charge on any atom is -0.492 e. The number of fused-ring (bicyclic) bond motifs is 1. The quantitative estimate of drug-likeness (QED) is 0.657. The predicted octanol–water partition coefficient (Wildman–Crippen LogP) is 3.35. The van der Waals surface area contributed by atoms with E-state index < -0.39 is 0 Å². The Morgan fingerprint density at radius 1 is 1.17 bits per heavy atom. The third-order valence-electron chi connectivity index (χ3n) is 5.36. The zero-order valence-corrected chi connectivity index (χ0v) is 17.0. The molecule has 0 saturated carbocycles. The molecule has 1 saturated heterocycles. The first-order valence-electron chi connectivity index (χ1n) is 10.3. The standard InChI is InChI=1S/C24H25N3O3/c1-2-30-21-11-4-3-10-20(21)27-16-19(15-22(27)28)24(29)26-14-12-18-8-5-7-17-9-6-13-25-23(17)18/h3-11,13,19H,2,12,14-16H2,1H3,(H,26,29). The van der Waals surface area contributed by atoms with Gasteiger partial charge in [0.25, 0.3) is 0 Å². The van der Waals surface area contributed by atoms with Crippen molar-refractivity contribution < 1.29 is 14.3 Å². The molecule has 1 fully saturated rings. The van der Waals surface area contributed by atoms with Gasteiger partial charge in [-0.2, -0.15) is 0 Å². The highest BCUT2D eigenvalue weighted by molar-refractivity contribution is 6.01. The summed E-state index contributed by atoms with van der Waals surface area (Å²) in [5, 5.41) is 4.08. The van der Waals surface area contributed by atoms with E-state index in [9.17, 15) is 9.59 Å². The molecule has 6 nitrogen and oxygen atoms in total. The van der Waals surface area contributed by atoms with E-state index in [0.29, 0.717) is 31.9 Å². The number of nitrogens with zero attached hydrogens (tertiary/aromatic N) is 2. The molecule has 2 amide bonds. The minimum atomic E-state index is -0.363. The molecule has 154 valence electrons. The van der Waals surface area contributed by atoms with Crippen LogP contribution in [0, 0.1) is 5.92 Å². The Kier molecular flexibility index (Phi) is 5.93. The Morgan fingerprint density at radius 3 is 2.87 bits per heavy atom. The summed E-state index contributed by atoms with van der Waals surface area (Å²) in [4.78, 5) is 31.4. The van der Waals surface area contributed by atoms with Gasteiger partial charge in [0.05, 0.1) is 23.7 Å². The number of rotatable bonds is 7. The average molecular weight is 403 g/mol. The summed E-state index contributed by atoms with van der Waals surface area (Å²) in [7, 11) is 0. The van der Waals surface area contributed by atoms with E-state index in [2.05, 4.69) is 10.3 Å². The molecule has 2 aromatic carbocycles. The lowest BCUT2D eigenvalue weighted by Crippen LogP contribution is -2.34. The van der Waals surface area contributed by atoms with Gasteiger partial charge in [0.1, 0.15) is 5.75 Å². The SMILES string of the molecule is CCOc1ccccc1N1CC(C(=O)NCCc2cccc3cccnc23)CC1=O. The molecule has 1 aromatic heterocycles. The topological polar surface area (TPSA) is 71.5 Å². The van der Waals surface area contributed by atoms with Crippen molar-refractivity contribution in [3.05, 3.63) is 66.4 Å². The molecule has 0 spiro atoms. The van der Waals surface area contributed by atoms with E-state index in [0.717, 1.165) is 22.2 Å². The number of para-hydroxylation sites is 3. The van der Waals surface area contributed by atoms with Crippen LogP contribution in [-0.2, 0) is 16.0 Å². The smallest absolute Gasteiger partial charge is 0.227 e. The second-order valence-corrected chi connectivity index (χ2v) is 7.34. The fourth-order valence-electron chi connectivity index (χ4n) is 3.91.